The molecular formula is C28H29N3O5. The summed E-state index contributed by atoms with van der Waals surface area (Å²) in [6, 6.07) is 13.6. The summed E-state index contributed by atoms with van der Waals surface area (Å²) in [6.45, 7) is 4.12. The molecule has 0 spiro atoms. The van der Waals surface area contributed by atoms with Crippen molar-refractivity contribution >= 4 is 29.4 Å². The van der Waals surface area contributed by atoms with Crippen molar-refractivity contribution in [3.8, 4) is 11.3 Å². The molecule has 4 rings (SSSR count). The number of fused-ring (bicyclic) bond motifs is 1. The quantitative estimate of drug-likeness (QED) is 0.472. The van der Waals surface area contributed by atoms with Crippen LogP contribution in [0.15, 0.2) is 66.4 Å². The Morgan fingerprint density at radius 3 is 2.53 bits per heavy atom. The van der Waals surface area contributed by atoms with Gasteiger partial charge in [0, 0.05) is 36.0 Å². The molecule has 3 aromatic rings. The number of rotatable bonds is 7. The fourth-order valence-corrected chi connectivity index (χ4v) is 5.10. The molecule has 0 radical (unpaired) electrons. The van der Waals surface area contributed by atoms with Gasteiger partial charge < -0.3 is 15.1 Å². The van der Waals surface area contributed by atoms with Crippen molar-refractivity contribution in [1.82, 2.24) is 14.5 Å². The molecule has 1 unspecified atom stereocenters. The monoisotopic (exact) mass is 487 g/mol. The van der Waals surface area contributed by atoms with E-state index in [4.69, 9.17) is 5.10 Å². The highest BCUT2D eigenvalue weighted by Crippen LogP contribution is 2.38. The van der Waals surface area contributed by atoms with Gasteiger partial charge in [-0.05, 0) is 56.4 Å². The number of aromatic nitrogens is 2. The summed E-state index contributed by atoms with van der Waals surface area (Å²) >= 11 is 0. The first-order chi connectivity index (χ1) is 17.3. The Morgan fingerprint density at radius 2 is 1.86 bits per heavy atom. The van der Waals surface area contributed by atoms with Gasteiger partial charge in [-0.1, -0.05) is 37.3 Å². The van der Waals surface area contributed by atoms with E-state index in [9.17, 15) is 24.6 Å². The van der Waals surface area contributed by atoms with Gasteiger partial charge in [0.25, 0.3) is 0 Å². The summed E-state index contributed by atoms with van der Waals surface area (Å²) in [5.41, 5.74) is 2.84. The fourth-order valence-electron chi connectivity index (χ4n) is 5.10. The van der Waals surface area contributed by atoms with Crippen LogP contribution in [0.25, 0.3) is 22.9 Å². The maximum atomic E-state index is 13.6. The molecular weight excluding hydrogens is 458 g/mol. The molecule has 0 bridgehead atoms. The second kappa shape index (κ2) is 10.2. The van der Waals surface area contributed by atoms with E-state index in [1.807, 2.05) is 55.6 Å². The number of nitrogens with zero attached hydrogens (tertiary/aromatic N) is 3. The fraction of sp³-hybridized carbons (Fsp3) is 0.286. The minimum Gasteiger partial charge on any atom is -0.478 e. The topological polar surface area (TPSA) is 112 Å². The Labute approximate surface area is 209 Å². The van der Waals surface area contributed by atoms with E-state index in [-0.39, 0.29) is 11.5 Å². The molecule has 1 amide bonds. The average molecular weight is 488 g/mol. The highest BCUT2D eigenvalue weighted by Gasteiger charge is 2.45. The van der Waals surface area contributed by atoms with E-state index in [2.05, 4.69) is 0 Å². The number of carbonyl (C=O) groups excluding carboxylic acids is 1. The van der Waals surface area contributed by atoms with E-state index in [0.29, 0.717) is 32.2 Å². The Hall–Kier alpha value is -4.20. The van der Waals surface area contributed by atoms with Crippen LogP contribution >= 0.6 is 0 Å². The lowest BCUT2D eigenvalue weighted by atomic mass is 9.77. The van der Waals surface area contributed by atoms with Crippen molar-refractivity contribution in [2.75, 3.05) is 6.54 Å². The number of benzene rings is 1. The number of aliphatic carboxylic acids is 2. The average Bonchev–Trinajstić information content (AvgIpc) is 3.23. The normalized spacial score (nSPS) is 18.6. The van der Waals surface area contributed by atoms with Gasteiger partial charge in [-0.2, -0.15) is 5.10 Å². The second-order valence-corrected chi connectivity index (χ2v) is 9.03. The lowest BCUT2D eigenvalue weighted by molar-refractivity contribution is -0.140. The summed E-state index contributed by atoms with van der Waals surface area (Å²) in [7, 11) is 0. The van der Waals surface area contributed by atoms with Crippen LogP contribution in [0.4, 0.5) is 0 Å². The number of hydrogen-bond donors (Lipinski definition) is 2. The molecule has 1 atom stereocenters. The molecule has 2 N–H and O–H groups in total. The van der Waals surface area contributed by atoms with E-state index in [1.54, 1.807) is 17.5 Å². The summed E-state index contributed by atoms with van der Waals surface area (Å²) in [5.74, 6) is -3.03. The van der Waals surface area contributed by atoms with Crippen LogP contribution in [0.5, 0.6) is 0 Å². The number of pyridine rings is 1. The van der Waals surface area contributed by atoms with Gasteiger partial charge in [-0.25, -0.2) is 14.1 Å². The predicted octanol–water partition coefficient (Wildman–Crippen LogP) is 4.58. The summed E-state index contributed by atoms with van der Waals surface area (Å²) < 4.78 is 1.77. The number of carboxylic acid groups (broad SMARTS) is 2. The molecule has 0 aliphatic carbocycles. The standard InChI is InChI=1S/C28H29N3O5/c1-3-28(22(27(35)36)18-25(33)34)14-7-8-15-30(28)24(32)12-11-21-23-17-19(2)13-16-31(23)29-26(21)20-9-5-4-6-10-20/h4-6,9-13,16-18H,3,7-8,14-15H2,1-2H3,(H,33,34)(H,35,36)/b12-11?,22-18+. The number of aryl methyl sites for hydroxylation is 1. The van der Waals surface area contributed by atoms with Crippen molar-refractivity contribution in [2.45, 2.75) is 45.1 Å². The van der Waals surface area contributed by atoms with Crippen LogP contribution < -0.4 is 0 Å². The van der Waals surface area contributed by atoms with E-state index in [0.717, 1.165) is 34.0 Å². The Morgan fingerprint density at radius 1 is 1.11 bits per heavy atom. The molecule has 186 valence electrons. The molecule has 3 heterocycles. The van der Waals surface area contributed by atoms with Crippen molar-refractivity contribution in [2.24, 2.45) is 0 Å². The van der Waals surface area contributed by atoms with Gasteiger partial charge in [-0.3, -0.25) is 4.79 Å². The third kappa shape index (κ3) is 4.66. The molecule has 1 aliphatic heterocycles. The zero-order valence-corrected chi connectivity index (χ0v) is 20.3. The lowest BCUT2D eigenvalue weighted by Crippen LogP contribution is -2.56. The van der Waals surface area contributed by atoms with Crippen molar-refractivity contribution in [3.05, 3.63) is 77.5 Å². The number of piperidine rings is 1. The Kier molecular flexibility index (Phi) is 7.05. The maximum Gasteiger partial charge on any atom is 0.334 e. The Balaban J connectivity index is 1.78. The first-order valence-electron chi connectivity index (χ1n) is 12.0. The molecule has 1 saturated heterocycles. The first kappa shape index (κ1) is 24.9. The maximum absolute atomic E-state index is 13.6. The molecule has 2 aromatic heterocycles. The summed E-state index contributed by atoms with van der Waals surface area (Å²) in [5, 5.41) is 23.9. The van der Waals surface area contributed by atoms with Crippen molar-refractivity contribution in [1.29, 1.82) is 0 Å². The molecule has 8 nitrogen and oxygen atoms in total. The number of carbonyl (C=O) groups is 3. The molecule has 1 aliphatic rings. The van der Waals surface area contributed by atoms with Gasteiger partial charge in [0.1, 0.15) is 5.69 Å². The highest BCUT2D eigenvalue weighted by molar-refractivity contribution is 6.00. The van der Waals surface area contributed by atoms with Crippen LogP contribution in [0.2, 0.25) is 0 Å². The smallest absolute Gasteiger partial charge is 0.334 e. The minimum absolute atomic E-state index is 0.268. The van der Waals surface area contributed by atoms with Gasteiger partial charge >= 0.3 is 11.9 Å². The molecule has 1 aromatic carbocycles. The minimum atomic E-state index is -1.34. The third-order valence-corrected chi connectivity index (χ3v) is 6.86. The van der Waals surface area contributed by atoms with E-state index in [1.165, 1.54) is 11.0 Å². The largest absolute Gasteiger partial charge is 0.478 e. The highest BCUT2D eigenvalue weighted by atomic mass is 16.4. The third-order valence-electron chi connectivity index (χ3n) is 6.86. The SMILES string of the molecule is CCC1(/C(=C/C(=O)O)C(=O)O)CCCCN1C(=O)C=Cc1c(-c2ccccc2)nn2ccc(C)cc12. The first-order valence-corrected chi connectivity index (χ1v) is 12.0. The van der Waals surface area contributed by atoms with Crippen LogP contribution in [0.1, 0.15) is 43.7 Å². The van der Waals surface area contributed by atoms with E-state index < -0.39 is 17.5 Å². The number of hydrogen-bond acceptors (Lipinski definition) is 4. The van der Waals surface area contributed by atoms with Crippen LogP contribution in [0.3, 0.4) is 0 Å². The van der Waals surface area contributed by atoms with E-state index >= 15 is 0 Å². The van der Waals surface area contributed by atoms with Gasteiger partial charge in [0.2, 0.25) is 5.91 Å². The summed E-state index contributed by atoms with van der Waals surface area (Å²) in [6.07, 6.45) is 7.87. The van der Waals surface area contributed by atoms with Crippen molar-refractivity contribution < 1.29 is 24.6 Å². The lowest BCUT2D eigenvalue weighted by Gasteiger charge is -2.47. The van der Waals surface area contributed by atoms with Gasteiger partial charge in [0.15, 0.2) is 0 Å². The summed E-state index contributed by atoms with van der Waals surface area (Å²) in [4.78, 5) is 38.6. The van der Waals surface area contributed by atoms with Crippen molar-refractivity contribution in [3.63, 3.8) is 0 Å². The molecule has 1 fully saturated rings. The molecule has 8 heteroatoms. The predicted molar refractivity (Wildman–Crippen MR) is 136 cm³/mol. The number of amides is 1. The number of likely N-dealkylation sites (tertiary alicyclic amines) is 1. The molecule has 36 heavy (non-hydrogen) atoms. The molecule has 0 saturated carbocycles. The Bertz CT molecular complexity index is 1370. The zero-order chi connectivity index (χ0) is 25.9. The van der Waals surface area contributed by atoms with Crippen LogP contribution in [-0.4, -0.2) is 54.7 Å². The van der Waals surface area contributed by atoms with Crippen LogP contribution in [0, 0.1) is 6.92 Å². The van der Waals surface area contributed by atoms with Crippen LogP contribution in [-0.2, 0) is 14.4 Å². The second-order valence-electron chi connectivity index (χ2n) is 9.03. The van der Waals surface area contributed by atoms with Gasteiger partial charge in [0.05, 0.1) is 16.6 Å². The number of carboxylic acids is 2. The van der Waals surface area contributed by atoms with Gasteiger partial charge in [-0.15, -0.1) is 0 Å². The zero-order valence-electron chi connectivity index (χ0n) is 20.3.